The predicted octanol–water partition coefficient (Wildman–Crippen LogP) is 4.35. The number of nitrogens with zero attached hydrogens (tertiary/aromatic N) is 3. The van der Waals surface area contributed by atoms with Crippen molar-refractivity contribution in [2.24, 2.45) is 10.7 Å². The fourth-order valence-corrected chi connectivity index (χ4v) is 2.81. The maximum Gasteiger partial charge on any atom is 0.434 e. The van der Waals surface area contributed by atoms with Crippen molar-refractivity contribution in [3.8, 4) is 0 Å². The summed E-state index contributed by atoms with van der Waals surface area (Å²) in [4.78, 5) is 23.0. The van der Waals surface area contributed by atoms with Gasteiger partial charge in [0, 0.05) is 28.9 Å². The zero-order chi connectivity index (χ0) is 24.4. The Morgan fingerprint density at radius 2 is 1.70 bits per heavy atom. The Bertz CT molecular complexity index is 1270. The van der Waals surface area contributed by atoms with E-state index in [9.17, 15) is 31.1 Å². The SMILES string of the molecule is NC=C(C(=O)Nc1ccnc(C(F)(F)F)c1)C(=Nc1cnc(N)c2ccccc12)C(F)(F)F. The second-order valence-electron chi connectivity index (χ2n) is 6.49. The maximum absolute atomic E-state index is 13.8. The highest BCUT2D eigenvalue weighted by atomic mass is 19.4. The molecule has 13 heteroatoms. The predicted molar refractivity (Wildman–Crippen MR) is 109 cm³/mol. The van der Waals surface area contributed by atoms with E-state index in [1.165, 1.54) is 12.1 Å². The van der Waals surface area contributed by atoms with Crippen LogP contribution in [-0.4, -0.2) is 27.8 Å². The molecule has 5 N–H and O–H groups in total. The highest BCUT2D eigenvalue weighted by Crippen LogP contribution is 2.33. The van der Waals surface area contributed by atoms with Crippen molar-refractivity contribution >= 4 is 39.6 Å². The zero-order valence-corrected chi connectivity index (χ0v) is 16.4. The zero-order valence-electron chi connectivity index (χ0n) is 16.4. The lowest BCUT2D eigenvalue weighted by molar-refractivity contribution is -0.141. The van der Waals surface area contributed by atoms with Gasteiger partial charge in [0.2, 0.25) is 0 Å². The van der Waals surface area contributed by atoms with Crippen molar-refractivity contribution in [3.63, 3.8) is 0 Å². The normalized spacial score (nSPS) is 13.3. The number of anilines is 2. The van der Waals surface area contributed by atoms with Crippen LogP contribution in [0.25, 0.3) is 10.8 Å². The van der Waals surface area contributed by atoms with Gasteiger partial charge in [-0.3, -0.25) is 9.78 Å². The van der Waals surface area contributed by atoms with Gasteiger partial charge in [-0.15, -0.1) is 0 Å². The van der Waals surface area contributed by atoms with E-state index in [1.807, 2.05) is 5.32 Å². The lowest BCUT2D eigenvalue weighted by Gasteiger charge is -2.15. The third-order valence-corrected chi connectivity index (χ3v) is 4.28. The first-order valence-electron chi connectivity index (χ1n) is 8.97. The quantitative estimate of drug-likeness (QED) is 0.299. The minimum absolute atomic E-state index is 0.0589. The van der Waals surface area contributed by atoms with Gasteiger partial charge in [0.15, 0.2) is 5.71 Å². The lowest BCUT2D eigenvalue weighted by atomic mass is 10.1. The number of pyridine rings is 2. The summed E-state index contributed by atoms with van der Waals surface area (Å²) < 4.78 is 80.0. The number of carbonyl (C=O) groups is 1. The molecule has 0 aliphatic heterocycles. The van der Waals surface area contributed by atoms with Gasteiger partial charge >= 0.3 is 12.4 Å². The molecule has 0 aliphatic carbocycles. The summed E-state index contributed by atoms with van der Waals surface area (Å²) in [6.45, 7) is 0. The Morgan fingerprint density at radius 3 is 2.30 bits per heavy atom. The number of aliphatic imine (C=N–C) groups is 1. The largest absolute Gasteiger partial charge is 0.434 e. The van der Waals surface area contributed by atoms with Crippen LogP contribution in [0.2, 0.25) is 0 Å². The Kier molecular flexibility index (Phi) is 6.24. The molecule has 2 aromatic heterocycles. The highest BCUT2D eigenvalue weighted by molar-refractivity contribution is 6.27. The number of amides is 1. The van der Waals surface area contributed by atoms with Gasteiger partial charge in [0.25, 0.3) is 5.91 Å². The summed E-state index contributed by atoms with van der Waals surface area (Å²) in [6.07, 6.45) is -7.88. The van der Waals surface area contributed by atoms with Crippen molar-refractivity contribution in [3.05, 3.63) is 66.3 Å². The molecular formula is C20H14F6N6O. The van der Waals surface area contributed by atoms with Gasteiger partial charge in [-0.2, -0.15) is 26.3 Å². The molecule has 7 nitrogen and oxygen atoms in total. The number of hydrogen-bond donors (Lipinski definition) is 3. The molecule has 0 aliphatic rings. The van der Waals surface area contributed by atoms with Gasteiger partial charge in [0.05, 0.1) is 17.5 Å². The summed E-state index contributed by atoms with van der Waals surface area (Å²) in [7, 11) is 0. The van der Waals surface area contributed by atoms with Crippen LogP contribution < -0.4 is 16.8 Å². The standard InChI is InChI=1S/C20H14F6N6O/c21-19(22,23)15-7-10(5-6-29-15)31-18(33)13(8-27)16(20(24,25)26)32-14-9-30-17(28)12-4-2-1-3-11(12)14/h1-9H,27H2,(H2,28,30)(H,29,31,33). The highest BCUT2D eigenvalue weighted by Gasteiger charge is 2.41. The minimum Gasteiger partial charge on any atom is -0.404 e. The van der Waals surface area contributed by atoms with Crippen molar-refractivity contribution in [1.82, 2.24) is 9.97 Å². The number of fused-ring (bicyclic) bond motifs is 1. The molecule has 33 heavy (non-hydrogen) atoms. The Morgan fingerprint density at radius 1 is 1.03 bits per heavy atom. The molecule has 0 radical (unpaired) electrons. The van der Waals surface area contributed by atoms with Crippen LogP contribution in [0.3, 0.4) is 0 Å². The molecule has 3 rings (SSSR count). The van der Waals surface area contributed by atoms with E-state index in [1.54, 1.807) is 12.1 Å². The Labute approximate surface area is 181 Å². The number of benzene rings is 1. The van der Waals surface area contributed by atoms with Crippen molar-refractivity contribution < 1.29 is 31.1 Å². The van der Waals surface area contributed by atoms with Gasteiger partial charge < -0.3 is 16.8 Å². The fraction of sp³-hybridized carbons (Fsp3) is 0.100. The van der Waals surface area contributed by atoms with E-state index in [4.69, 9.17) is 11.5 Å². The van der Waals surface area contributed by atoms with Crippen LogP contribution in [0, 0.1) is 0 Å². The van der Waals surface area contributed by atoms with Crippen LogP contribution in [0.15, 0.2) is 65.6 Å². The fourth-order valence-electron chi connectivity index (χ4n) is 2.81. The number of nitrogen functional groups attached to an aromatic ring is 1. The average molecular weight is 468 g/mol. The Hall–Kier alpha value is -4.16. The molecule has 1 aromatic carbocycles. The molecule has 1 amide bonds. The lowest BCUT2D eigenvalue weighted by Crippen LogP contribution is -2.32. The molecule has 0 atom stereocenters. The van der Waals surface area contributed by atoms with Crippen LogP contribution in [0.5, 0.6) is 0 Å². The molecule has 0 fully saturated rings. The molecule has 2 heterocycles. The third kappa shape index (κ3) is 5.19. The summed E-state index contributed by atoms with van der Waals surface area (Å²) >= 11 is 0. The Balaban J connectivity index is 2.04. The number of aromatic nitrogens is 2. The number of alkyl halides is 6. The average Bonchev–Trinajstić information content (AvgIpc) is 2.74. The summed E-state index contributed by atoms with van der Waals surface area (Å²) in [6, 6.07) is 7.57. The molecule has 0 unspecified atom stereocenters. The van der Waals surface area contributed by atoms with Crippen molar-refractivity contribution in [1.29, 1.82) is 0 Å². The summed E-state index contributed by atoms with van der Waals surface area (Å²) in [5.74, 6) is -1.37. The van der Waals surface area contributed by atoms with Gasteiger partial charge in [-0.1, -0.05) is 24.3 Å². The first-order chi connectivity index (χ1) is 15.4. The van der Waals surface area contributed by atoms with Gasteiger partial charge in [-0.05, 0) is 12.1 Å². The maximum atomic E-state index is 13.8. The second-order valence-corrected chi connectivity index (χ2v) is 6.49. The van der Waals surface area contributed by atoms with Crippen molar-refractivity contribution in [2.45, 2.75) is 12.4 Å². The molecular weight excluding hydrogens is 454 g/mol. The van der Waals surface area contributed by atoms with Crippen LogP contribution >= 0.6 is 0 Å². The van der Waals surface area contributed by atoms with Gasteiger partial charge in [0.1, 0.15) is 11.5 Å². The number of rotatable bonds is 4. The summed E-state index contributed by atoms with van der Waals surface area (Å²) in [5.41, 5.74) is 6.20. The molecule has 0 saturated heterocycles. The van der Waals surface area contributed by atoms with E-state index in [2.05, 4.69) is 15.0 Å². The number of hydrogen-bond acceptors (Lipinski definition) is 6. The third-order valence-electron chi connectivity index (χ3n) is 4.28. The monoisotopic (exact) mass is 468 g/mol. The first kappa shape index (κ1) is 23.5. The topological polar surface area (TPSA) is 119 Å². The van der Waals surface area contributed by atoms with Crippen LogP contribution in [-0.2, 0) is 11.0 Å². The number of nitrogens with two attached hydrogens (primary N) is 2. The van der Waals surface area contributed by atoms with Crippen LogP contribution in [0.4, 0.5) is 43.5 Å². The number of halogens is 6. The molecule has 0 saturated carbocycles. The second kappa shape index (κ2) is 8.76. The first-order valence-corrected chi connectivity index (χ1v) is 8.97. The minimum atomic E-state index is -5.15. The molecule has 172 valence electrons. The van der Waals surface area contributed by atoms with Crippen LogP contribution in [0.1, 0.15) is 5.69 Å². The van der Waals surface area contributed by atoms with Gasteiger partial charge in [-0.25, -0.2) is 9.98 Å². The van der Waals surface area contributed by atoms with E-state index in [-0.39, 0.29) is 16.9 Å². The number of nitrogens with one attached hydrogen (secondary N) is 1. The van der Waals surface area contributed by atoms with Crippen molar-refractivity contribution in [2.75, 3.05) is 11.1 Å². The van der Waals surface area contributed by atoms with E-state index in [0.29, 0.717) is 17.7 Å². The van der Waals surface area contributed by atoms with E-state index < -0.39 is 40.9 Å². The summed E-state index contributed by atoms with van der Waals surface area (Å²) in [5, 5.41) is 2.51. The molecule has 3 aromatic rings. The molecule has 0 bridgehead atoms. The van der Waals surface area contributed by atoms with E-state index in [0.717, 1.165) is 18.5 Å². The number of carbonyl (C=O) groups excluding carboxylic acids is 1. The molecule has 0 spiro atoms. The smallest absolute Gasteiger partial charge is 0.404 e. The van der Waals surface area contributed by atoms with E-state index >= 15 is 0 Å².